The molecule has 0 spiro atoms. The van der Waals surface area contributed by atoms with Crippen LogP contribution >= 0.6 is 0 Å². The van der Waals surface area contributed by atoms with Crippen LogP contribution in [-0.2, 0) is 25.6 Å². The second-order valence-corrected chi connectivity index (χ2v) is 10.9. The lowest BCUT2D eigenvalue weighted by Gasteiger charge is -2.33. The number of nitrogens with zero attached hydrogens (tertiary/aromatic N) is 6. The molecule has 3 aromatic rings. The lowest BCUT2D eigenvalue weighted by Crippen LogP contribution is -2.47. The van der Waals surface area contributed by atoms with Crippen LogP contribution < -0.4 is 14.8 Å². The SMILES string of the molecule is COc1ccc(-c2nnn(CC(=O)N(CCCN3CCOCC3)C(C(=O)NCC3CCCO3)c3ccc(F)cc3)n2)cc1OC. The van der Waals surface area contributed by atoms with Crippen molar-refractivity contribution in [1.82, 2.24) is 35.3 Å². The van der Waals surface area contributed by atoms with E-state index in [1.807, 2.05) is 0 Å². The van der Waals surface area contributed by atoms with E-state index in [4.69, 9.17) is 18.9 Å². The molecule has 242 valence electrons. The van der Waals surface area contributed by atoms with E-state index in [-0.39, 0.29) is 31.0 Å². The maximum atomic E-state index is 14.0. The van der Waals surface area contributed by atoms with Crippen LogP contribution in [0.25, 0.3) is 11.4 Å². The lowest BCUT2D eigenvalue weighted by atomic mass is 10.0. The van der Waals surface area contributed by atoms with Crippen molar-refractivity contribution in [3.63, 3.8) is 0 Å². The minimum absolute atomic E-state index is 0.0809. The first-order chi connectivity index (χ1) is 21.9. The Morgan fingerprint density at radius 2 is 1.87 bits per heavy atom. The van der Waals surface area contributed by atoms with Crippen molar-refractivity contribution in [2.24, 2.45) is 0 Å². The van der Waals surface area contributed by atoms with Gasteiger partial charge in [-0.05, 0) is 60.4 Å². The van der Waals surface area contributed by atoms with Gasteiger partial charge in [0.05, 0.1) is 33.5 Å². The molecule has 2 amide bonds. The highest BCUT2D eigenvalue weighted by atomic mass is 19.1. The molecule has 0 aliphatic carbocycles. The zero-order valence-corrected chi connectivity index (χ0v) is 25.7. The average molecular weight is 626 g/mol. The van der Waals surface area contributed by atoms with Gasteiger partial charge >= 0.3 is 0 Å². The maximum absolute atomic E-state index is 14.0. The van der Waals surface area contributed by atoms with E-state index in [9.17, 15) is 14.0 Å². The van der Waals surface area contributed by atoms with Gasteiger partial charge in [0.1, 0.15) is 18.4 Å². The van der Waals surface area contributed by atoms with Gasteiger partial charge in [-0.15, -0.1) is 10.2 Å². The number of carbonyl (C=O) groups is 2. The number of halogens is 1. The van der Waals surface area contributed by atoms with E-state index < -0.39 is 11.9 Å². The van der Waals surface area contributed by atoms with Crippen LogP contribution in [0.3, 0.4) is 0 Å². The topological polar surface area (TPSA) is 133 Å². The summed E-state index contributed by atoms with van der Waals surface area (Å²) in [4.78, 5) is 32.8. The van der Waals surface area contributed by atoms with E-state index >= 15 is 0 Å². The van der Waals surface area contributed by atoms with Gasteiger partial charge in [-0.25, -0.2) is 4.39 Å². The van der Waals surface area contributed by atoms with Gasteiger partial charge in [0.2, 0.25) is 17.6 Å². The lowest BCUT2D eigenvalue weighted by molar-refractivity contribution is -0.142. The minimum atomic E-state index is -1.00. The van der Waals surface area contributed by atoms with Crippen molar-refractivity contribution in [2.45, 2.75) is 38.0 Å². The number of morpholine rings is 1. The first kappa shape index (κ1) is 32.3. The van der Waals surface area contributed by atoms with Gasteiger partial charge < -0.3 is 29.2 Å². The number of methoxy groups -OCH3 is 2. The summed E-state index contributed by atoms with van der Waals surface area (Å²) >= 11 is 0. The van der Waals surface area contributed by atoms with Crippen molar-refractivity contribution in [1.29, 1.82) is 0 Å². The normalized spacial score (nSPS) is 17.5. The molecule has 3 heterocycles. The average Bonchev–Trinajstić information content (AvgIpc) is 3.77. The molecule has 1 N–H and O–H groups in total. The van der Waals surface area contributed by atoms with Crippen molar-refractivity contribution >= 4 is 11.8 Å². The summed E-state index contributed by atoms with van der Waals surface area (Å²) in [5.74, 6) is 0.180. The van der Waals surface area contributed by atoms with Crippen LogP contribution in [-0.4, -0.2) is 115 Å². The molecule has 0 bridgehead atoms. The summed E-state index contributed by atoms with van der Waals surface area (Å²) in [5, 5.41) is 15.6. The van der Waals surface area contributed by atoms with Crippen LogP contribution in [0.4, 0.5) is 4.39 Å². The van der Waals surface area contributed by atoms with Gasteiger partial charge in [0.25, 0.3) is 0 Å². The summed E-state index contributed by atoms with van der Waals surface area (Å²) in [6.07, 6.45) is 2.32. The fourth-order valence-electron chi connectivity index (χ4n) is 5.53. The highest BCUT2D eigenvalue weighted by Crippen LogP contribution is 2.31. The van der Waals surface area contributed by atoms with Crippen molar-refractivity contribution < 1.29 is 32.9 Å². The Labute approximate surface area is 261 Å². The highest BCUT2D eigenvalue weighted by molar-refractivity contribution is 5.88. The predicted octanol–water partition coefficient (Wildman–Crippen LogP) is 2.08. The molecule has 0 radical (unpaired) electrons. The Morgan fingerprint density at radius 3 is 2.58 bits per heavy atom. The molecule has 45 heavy (non-hydrogen) atoms. The molecule has 1 aromatic heterocycles. The number of carbonyl (C=O) groups excluding carboxylic acids is 2. The molecule has 2 aromatic carbocycles. The summed E-state index contributed by atoms with van der Waals surface area (Å²) in [6.45, 7) is 4.66. The minimum Gasteiger partial charge on any atom is -0.493 e. The number of amides is 2. The number of tetrazole rings is 1. The molecule has 13 nitrogen and oxygen atoms in total. The highest BCUT2D eigenvalue weighted by Gasteiger charge is 2.33. The molecule has 2 aliphatic heterocycles. The summed E-state index contributed by atoms with van der Waals surface area (Å²) in [7, 11) is 3.08. The Bertz CT molecular complexity index is 1410. The molecular formula is C31H40FN7O6. The van der Waals surface area contributed by atoms with E-state index in [1.54, 1.807) is 25.3 Å². The van der Waals surface area contributed by atoms with Crippen molar-refractivity contribution in [3.8, 4) is 22.9 Å². The maximum Gasteiger partial charge on any atom is 0.247 e. The number of nitrogens with one attached hydrogen (secondary N) is 1. The molecule has 2 aliphatic rings. The third kappa shape index (κ3) is 8.53. The van der Waals surface area contributed by atoms with E-state index in [1.165, 1.54) is 41.1 Å². The number of hydrogen-bond donors (Lipinski definition) is 1. The van der Waals surface area contributed by atoms with Gasteiger partial charge in [-0.1, -0.05) is 12.1 Å². The van der Waals surface area contributed by atoms with Crippen LogP contribution in [0.15, 0.2) is 42.5 Å². The standard InChI is InChI=1S/C31H40FN7O6/c1-42-26-11-8-23(19-27(26)43-2)30-34-36-39(35-30)21-28(40)38(13-4-12-37-14-17-44-18-15-37)29(22-6-9-24(32)10-7-22)31(41)33-20-25-5-3-16-45-25/h6-11,19,25,29H,3-5,12-18,20-21H2,1-2H3,(H,33,41). The molecule has 5 rings (SSSR count). The van der Waals surface area contributed by atoms with Crippen LogP contribution in [0.2, 0.25) is 0 Å². The quantitative estimate of drug-likeness (QED) is 0.284. The number of hydrogen-bond acceptors (Lipinski definition) is 10. The number of rotatable bonds is 14. The zero-order chi connectivity index (χ0) is 31.6. The Balaban J connectivity index is 1.37. The summed E-state index contributed by atoms with van der Waals surface area (Å²) < 4.78 is 35.8. The first-order valence-electron chi connectivity index (χ1n) is 15.2. The third-order valence-electron chi connectivity index (χ3n) is 7.94. The predicted molar refractivity (Wildman–Crippen MR) is 161 cm³/mol. The van der Waals surface area contributed by atoms with Gasteiger partial charge in [0.15, 0.2) is 11.5 Å². The molecular weight excluding hydrogens is 585 g/mol. The fourth-order valence-corrected chi connectivity index (χ4v) is 5.53. The first-order valence-corrected chi connectivity index (χ1v) is 15.2. The van der Waals surface area contributed by atoms with Crippen molar-refractivity contribution in [3.05, 3.63) is 53.8 Å². The number of benzene rings is 2. The molecule has 2 atom stereocenters. The zero-order valence-electron chi connectivity index (χ0n) is 25.7. The van der Waals surface area contributed by atoms with Crippen LogP contribution in [0.5, 0.6) is 11.5 Å². The number of ether oxygens (including phenoxy) is 4. The monoisotopic (exact) mass is 625 g/mol. The fraction of sp³-hybridized carbons (Fsp3) is 0.516. The van der Waals surface area contributed by atoms with E-state index in [0.29, 0.717) is 61.2 Å². The van der Waals surface area contributed by atoms with Crippen LogP contribution in [0, 0.1) is 5.82 Å². The molecule has 2 unspecified atom stereocenters. The third-order valence-corrected chi connectivity index (χ3v) is 7.94. The molecule has 14 heteroatoms. The van der Waals surface area contributed by atoms with Gasteiger partial charge in [-0.2, -0.15) is 4.80 Å². The molecule has 0 saturated carbocycles. The number of aromatic nitrogens is 4. The van der Waals surface area contributed by atoms with E-state index in [2.05, 4.69) is 25.6 Å². The second-order valence-electron chi connectivity index (χ2n) is 10.9. The summed E-state index contributed by atoms with van der Waals surface area (Å²) in [5.41, 5.74) is 1.13. The summed E-state index contributed by atoms with van der Waals surface area (Å²) in [6, 6.07) is 9.89. The molecule has 2 saturated heterocycles. The van der Waals surface area contributed by atoms with Gasteiger partial charge in [0, 0.05) is 44.9 Å². The van der Waals surface area contributed by atoms with Gasteiger partial charge in [-0.3, -0.25) is 14.5 Å². The Hall–Kier alpha value is -4.14. The second kappa shape index (κ2) is 15.7. The van der Waals surface area contributed by atoms with E-state index in [0.717, 1.165) is 32.5 Å². The smallest absolute Gasteiger partial charge is 0.247 e. The van der Waals surface area contributed by atoms with Crippen LogP contribution in [0.1, 0.15) is 30.9 Å². The Morgan fingerprint density at radius 1 is 1.09 bits per heavy atom. The largest absolute Gasteiger partial charge is 0.493 e. The molecule has 2 fully saturated rings. The Kier molecular flexibility index (Phi) is 11.3. The van der Waals surface area contributed by atoms with Crippen molar-refractivity contribution in [2.75, 3.05) is 66.8 Å².